The van der Waals surface area contributed by atoms with E-state index < -0.39 is 0 Å². The molecule has 106 valence electrons. The van der Waals surface area contributed by atoms with Crippen LogP contribution in [-0.4, -0.2) is 9.97 Å². The Morgan fingerprint density at radius 3 is 2.55 bits per heavy atom. The van der Waals surface area contributed by atoms with Gasteiger partial charge in [-0.3, -0.25) is 0 Å². The number of nitrogens with zero attached hydrogens (tertiary/aromatic N) is 2. The Bertz CT molecular complexity index is 647. The first-order chi connectivity index (χ1) is 9.38. The number of hydrogen-bond acceptors (Lipinski definition) is 3. The molecule has 0 aliphatic carbocycles. The molecular formula is C14H13BrCl2N2O. The largest absolute Gasteiger partial charge is 0.437 e. The lowest BCUT2D eigenvalue weighted by molar-refractivity contribution is 0.452. The predicted octanol–water partition coefficient (Wildman–Crippen LogP) is 5.77. The molecule has 0 saturated carbocycles. The van der Waals surface area contributed by atoms with Crippen LogP contribution in [0.5, 0.6) is 11.6 Å². The molecule has 0 saturated heterocycles. The number of benzene rings is 1. The molecule has 1 aromatic heterocycles. The summed E-state index contributed by atoms with van der Waals surface area (Å²) >= 11 is 15.6. The quantitative estimate of drug-likeness (QED) is 0.638. The minimum absolute atomic E-state index is 0.161. The zero-order chi connectivity index (χ0) is 14.9. The van der Waals surface area contributed by atoms with E-state index in [0.717, 1.165) is 4.47 Å². The van der Waals surface area contributed by atoms with Crippen LogP contribution in [0.15, 0.2) is 22.7 Å². The molecule has 6 heteroatoms. The molecule has 0 aliphatic heterocycles. The smallest absolute Gasteiger partial charge is 0.227 e. The maximum absolute atomic E-state index is 6.13. The summed E-state index contributed by atoms with van der Waals surface area (Å²) in [6.07, 6.45) is 0. The third kappa shape index (κ3) is 3.43. The van der Waals surface area contributed by atoms with E-state index in [1.807, 2.05) is 26.8 Å². The van der Waals surface area contributed by atoms with E-state index in [4.69, 9.17) is 27.9 Å². The molecule has 20 heavy (non-hydrogen) atoms. The summed E-state index contributed by atoms with van der Waals surface area (Å²) in [5.41, 5.74) is 0.687. The SMILES string of the molecule is Cc1c(Cl)nc(C(C)C)nc1Oc1cc(Br)ccc1Cl. The fraction of sp³-hybridized carbons (Fsp3) is 0.286. The fourth-order valence-electron chi connectivity index (χ4n) is 1.50. The third-order valence-corrected chi connectivity index (χ3v) is 3.85. The van der Waals surface area contributed by atoms with Gasteiger partial charge in [0.25, 0.3) is 0 Å². The summed E-state index contributed by atoms with van der Waals surface area (Å²) in [4.78, 5) is 8.65. The highest BCUT2D eigenvalue weighted by atomic mass is 79.9. The molecule has 0 bridgehead atoms. The van der Waals surface area contributed by atoms with Crippen LogP contribution in [0.3, 0.4) is 0 Å². The summed E-state index contributed by atoms with van der Waals surface area (Å²) < 4.78 is 6.67. The summed E-state index contributed by atoms with van der Waals surface area (Å²) in [5.74, 6) is 1.75. The van der Waals surface area contributed by atoms with Crippen LogP contribution in [0, 0.1) is 6.92 Å². The van der Waals surface area contributed by atoms with E-state index in [9.17, 15) is 0 Å². The van der Waals surface area contributed by atoms with E-state index in [2.05, 4.69) is 25.9 Å². The van der Waals surface area contributed by atoms with Crippen molar-refractivity contribution >= 4 is 39.1 Å². The second-order valence-electron chi connectivity index (χ2n) is 4.63. The first kappa shape index (κ1) is 15.5. The van der Waals surface area contributed by atoms with E-state index in [0.29, 0.717) is 33.2 Å². The average molecular weight is 376 g/mol. The summed E-state index contributed by atoms with van der Waals surface area (Å²) in [6, 6.07) is 5.38. The van der Waals surface area contributed by atoms with Crippen molar-refractivity contribution in [2.45, 2.75) is 26.7 Å². The van der Waals surface area contributed by atoms with Gasteiger partial charge in [-0.1, -0.05) is 53.0 Å². The highest BCUT2D eigenvalue weighted by molar-refractivity contribution is 9.10. The molecule has 0 N–H and O–H groups in total. The summed E-state index contributed by atoms with van der Waals surface area (Å²) in [5, 5.41) is 0.901. The molecule has 1 aromatic carbocycles. The molecule has 2 aromatic rings. The van der Waals surface area contributed by atoms with Gasteiger partial charge in [-0.2, -0.15) is 4.98 Å². The second kappa shape index (κ2) is 6.29. The first-order valence-electron chi connectivity index (χ1n) is 6.05. The van der Waals surface area contributed by atoms with Gasteiger partial charge in [-0.25, -0.2) is 4.98 Å². The summed E-state index contributed by atoms with van der Waals surface area (Å²) in [6.45, 7) is 5.81. The number of hydrogen-bond donors (Lipinski definition) is 0. The maximum Gasteiger partial charge on any atom is 0.227 e. The van der Waals surface area contributed by atoms with E-state index in [-0.39, 0.29) is 5.92 Å². The van der Waals surface area contributed by atoms with Gasteiger partial charge in [0.1, 0.15) is 16.7 Å². The van der Waals surface area contributed by atoms with Gasteiger partial charge in [0.05, 0.1) is 5.02 Å². The topological polar surface area (TPSA) is 35.0 Å². The van der Waals surface area contributed by atoms with E-state index in [1.165, 1.54) is 0 Å². The standard InChI is InChI=1S/C14H13BrCl2N2O/c1-7(2)13-18-12(17)8(3)14(19-13)20-11-6-9(15)4-5-10(11)16/h4-7H,1-3H3. The van der Waals surface area contributed by atoms with Gasteiger partial charge < -0.3 is 4.74 Å². The lowest BCUT2D eigenvalue weighted by Crippen LogP contribution is -2.02. The van der Waals surface area contributed by atoms with Crippen molar-refractivity contribution in [2.24, 2.45) is 0 Å². The zero-order valence-electron chi connectivity index (χ0n) is 11.2. The molecular weight excluding hydrogens is 363 g/mol. The molecule has 3 nitrogen and oxygen atoms in total. The maximum atomic E-state index is 6.13. The summed E-state index contributed by atoms with van der Waals surface area (Å²) in [7, 11) is 0. The average Bonchev–Trinajstić information content (AvgIpc) is 2.38. The van der Waals surface area contributed by atoms with Crippen molar-refractivity contribution in [3.8, 4) is 11.6 Å². The van der Waals surface area contributed by atoms with Crippen LogP contribution < -0.4 is 4.74 Å². The molecule has 0 unspecified atom stereocenters. The molecule has 0 amide bonds. The Kier molecular flexibility index (Phi) is 4.89. The van der Waals surface area contributed by atoms with Crippen LogP contribution in [0.1, 0.15) is 31.2 Å². The van der Waals surface area contributed by atoms with Crippen molar-refractivity contribution in [3.05, 3.63) is 44.2 Å². The number of halogens is 3. The van der Waals surface area contributed by atoms with E-state index >= 15 is 0 Å². The number of rotatable bonds is 3. The van der Waals surface area contributed by atoms with Gasteiger partial charge in [0.2, 0.25) is 5.88 Å². The third-order valence-electron chi connectivity index (χ3n) is 2.68. The Balaban J connectivity index is 2.45. The Morgan fingerprint density at radius 2 is 1.90 bits per heavy atom. The Hall–Kier alpha value is -0.840. The molecule has 0 aliphatic rings. The predicted molar refractivity (Wildman–Crippen MR) is 85.1 cm³/mol. The van der Waals surface area contributed by atoms with Crippen LogP contribution in [-0.2, 0) is 0 Å². The van der Waals surface area contributed by atoms with Crippen molar-refractivity contribution in [3.63, 3.8) is 0 Å². The monoisotopic (exact) mass is 374 g/mol. The van der Waals surface area contributed by atoms with Crippen molar-refractivity contribution < 1.29 is 4.74 Å². The molecule has 0 atom stereocenters. The lowest BCUT2D eigenvalue weighted by atomic mass is 10.2. The van der Waals surface area contributed by atoms with Crippen molar-refractivity contribution in [2.75, 3.05) is 0 Å². The van der Waals surface area contributed by atoms with Gasteiger partial charge in [0, 0.05) is 16.0 Å². The lowest BCUT2D eigenvalue weighted by Gasteiger charge is -2.13. The van der Waals surface area contributed by atoms with Gasteiger partial charge in [-0.05, 0) is 25.1 Å². The number of ether oxygens (including phenoxy) is 1. The molecule has 0 spiro atoms. The zero-order valence-corrected chi connectivity index (χ0v) is 14.3. The minimum Gasteiger partial charge on any atom is -0.437 e. The van der Waals surface area contributed by atoms with Crippen molar-refractivity contribution in [1.82, 2.24) is 9.97 Å². The highest BCUT2D eigenvalue weighted by Crippen LogP contribution is 2.34. The molecule has 0 fully saturated rings. The van der Waals surface area contributed by atoms with Crippen LogP contribution in [0.25, 0.3) is 0 Å². The first-order valence-corrected chi connectivity index (χ1v) is 7.60. The normalized spacial score (nSPS) is 10.9. The fourth-order valence-corrected chi connectivity index (χ4v) is 2.17. The Morgan fingerprint density at radius 1 is 1.20 bits per heavy atom. The molecule has 0 radical (unpaired) electrons. The van der Waals surface area contributed by atoms with Crippen LogP contribution in [0.4, 0.5) is 0 Å². The Labute approximate surface area is 136 Å². The molecule has 1 heterocycles. The van der Waals surface area contributed by atoms with E-state index in [1.54, 1.807) is 12.1 Å². The van der Waals surface area contributed by atoms with Crippen LogP contribution in [0.2, 0.25) is 10.2 Å². The van der Waals surface area contributed by atoms with Gasteiger partial charge in [-0.15, -0.1) is 0 Å². The minimum atomic E-state index is 0.161. The van der Waals surface area contributed by atoms with Gasteiger partial charge >= 0.3 is 0 Å². The second-order valence-corrected chi connectivity index (χ2v) is 6.32. The van der Waals surface area contributed by atoms with Crippen molar-refractivity contribution in [1.29, 1.82) is 0 Å². The molecule has 2 rings (SSSR count). The number of aromatic nitrogens is 2. The highest BCUT2D eigenvalue weighted by Gasteiger charge is 2.15. The van der Waals surface area contributed by atoms with Gasteiger partial charge in [0.15, 0.2) is 0 Å². The van der Waals surface area contributed by atoms with Crippen LogP contribution >= 0.6 is 39.1 Å².